The molecule has 2 fully saturated rings. The molecule has 1 heterocycles. The summed E-state index contributed by atoms with van der Waals surface area (Å²) in [5.41, 5.74) is -0.956. The van der Waals surface area contributed by atoms with Crippen molar-refractivity contribution in [2.24, 2.45) is 0 Å². The van der Waals surface area contributed by atoms with Gasteiger partial charge in [-0.25, -0.2) is 9.59 Å². The number of ether oxygens (including phenoxy) is 2. The zero-order valence-corrected chi connectivity index (χ0v) is 15.6. The molecule has 1 saturated carbocycles. The Morgan fingerprint density at radius 2 is 1.62 bits per heavy atom. The van der Waals surface area contributed by atoms with Crippen LogP contribution in [0.4, 0.5) is 9.59 Å². The molecule has 2 N–H and O–H groups in total. The largest absolute Gasteiger partial charge is 0.444 e. The van der Waals surface area contributed by atoms with Gasteiger partial charge in [-0.05, 0) is 54.4 Å². The summed E-state index contributed by atoms with van der Waals surface area (Å²) in [6.45, 7) is 12.5. The quantitative estimate of drug-likeness (QED) is 0.823. The molecule has 3 unspecified atom stereocenters. The van der Waals surface area contributed by atoms with Crippen molar-refractivity contribution in [1.29, 1.82) is 0 Å². The third-order valence-electron chi connectivity index (χ3n) is 3.78. The average molecular weight is 341 g/mol. The number of alkyl carbamates (subject to hydrolysis) is 1. The summed E-state index contributed by atoms with van der Waals surface area (Å²) in [6.07, 6.45) is 1.15. The maximum Gasteiger partial charge on any atom is 0.410 e. The standard InChI is InChI=1S/C17H31N3O4/c1-16(2,3)23-14(21)19-13-9-12(13)18-11-7-8-20(10-11)15(22)24-17(4,5)6/h11-13,18H,7-10H2,1-6H3,(H,19,21). The van der Waals surface area contributed by atoms with Crippen molar-refractivity contribution < 1.29 is 19.1 Å². The first-order valence-electron chi connectivity index (χ1n) is 8.66. The first-order chi connectivity index (χ1) is 10.9. The first kappa shape index (κ1) is 18.8. The minimum atomic E-state index is -0.485. The SMILES string of the molecule is CC(C)(C)OC(=O)NC1CC1NC1CCN(C(=O)OC(C)(C)C)C1. The van der Waals surface area contributed by atoms with E-state index in [-0.39, 0.29) is 30.3 Å². The predicted molar refractivity (Wildman–Crippen MR) is 90.9 cm³/mol. The highest BCUT2D eigenvalue weighted by atomic mass is 16.6. The van der Waals surface area contributed by atoms with Gasteiger partial charge >= 0.3 is 12.2 Å². The van der Waals surface area contributed by atoms with Gasteiger partial charge in [0.05, 0.1) is 0 Å². The maximum atomic E-state index is 12.1. The van der Waals surface area contributed by atoms with Crippen molar-refractivity contribution in [2.45, 2.75) is 83.7 Å². The number of amides is 2. The fourth-order valence-electron chi connectivity index (χ4n) is 2.69. The number of likely N-dealkylation sites (tertiary alicyclic amines) is 1. The lowest BCUT2D eigenvalue weighted by molar-refractivity contribution is 0.0290. The van der Waals surface area contributed by atoms with E-state index in [1.54, 1.807) is 4.90 Å². The van der Waals surface area contributed by atoms with Crippen LogP contribution in [0, 0.1) is 0 Å². The van der Waals surface area contributed by atoms with Crippen molar-refractivity contribution in [3.63, 3.8) is 0 Å². The molecule has 0 radical (unpaired) electrons. The van der Waals surface area contributed by atoms with Gasteiger partial charge in [-0.2, -0.15) is 0 Å². The minimum Gasteiger partial charge on any atom is -0.444 e. The van der Waals surface area contributed by atoms with Crippen LogP contribution >= 0.6 is 0 Å². The molecule has 24 heavy (non-hydrogen) atoms. The van der Waals surface area contributed by atoms with Crippen molar-refractivity contribution in [3.8, 4) is 0 Å². The fraction of sp³-hybridized carbons (Fsp3) is 0.882. The summed E-state index contributed by atoms with van der Waals surface area (Å²) in [4.78, 5) is 25.5. The maximum absolute atomic E-state index is 12.1. The summed E-state index contributed by atoms with van der Waals surface area (Å²) in [6, 6.07) is 0.601. The molecule has 0 bridgehead atoms. The molecule has 7 nitrogen and oxygen atoms in total. The minimum absolute atomic E-state index is 0.107. The second-order valence-corrected chi connectivity index (χ2v) is 8.67. The van der Waals surface area contributed by atoms with Crippen LogP contribution in [-0.2, 0) is 9.47 Å². The number of rotatable bonds is 3. The first-order valence-corrected chi connectivity index (χ1v) is 8.66. The Morgan fingerprint density at radius 1 is 1.00 bits per heavy atom. The van der Waals surface area contributed by atoms with Crippen molar-refractivity contribution in [1.82, 2.24) is 15.5 Å². The van der Waals surface area contributed by atoms with E-state index >= 15 is 0 Å². The number of carbonyl (C=O) groups is 2. The lowest BCUT2D eigenvalue weighted by Crippen LogP contribution is -2.41. The van der Waals surface area contributed by atoms with E-state index in [1.165, 1.54) is 0 Å². The molecule has 0 aromatic rings. The Hall–Kier alpha value is -1.50. The van der Waals surface area contributed by atoms with Crippen LogP contribution in [0.25, 0.3) is 0 Å². The van der Waals surface area contributed by atoms with Gasteiger partial charge in [0.25, 0.3) is 0 Å². The Labute approximate surface area is 144 Å². The molecule has 3 atom stereocenters. The van der Waals surface area contributed by atoms with Crippen LogP contribution in [-0.4, -0.2) is 59.5 Å². The summed E-state index contributed by atoms with van der Waals surface area (Å²) in [5, 5.41) is 6.37. The lowest BCUT2D eigenvalue weighted by atomic mass is 10.2. The molecule has 2 aliphatic rings. The molecule has 7 heteroatoms. The van der Waals surface area contributed by atoms with E-state index in [0.717, 1.165) is 12.8 Å². The van der Waals surface area contributed by atoms with Crippen LogP contribution in [0.2, 0.25) is 0 Å². The Balaban J connectivity index is 1.68. The monoisotopic (exact) mass is 341 g/mol. The van der Waals surface area contributed by atoms with Gasteiger partial charge in [0, 0.05) is 31.2 Å². The zero-order chi connectivity index (χ0) is 18.1. The third-order valence-corrected chi connectivity index (χ3v) is 3.78. The van der Waals surface area contributed by atoms with E-state index in [4.69, 9.17) is 9.47 Å². The third kappa shape index (κ3) is 6.19. The second-order valence-electron chi connectivity index (χ2n) is 8.67. The van der Waals surface area contributed by atoms with Gasteiger partial charge in [-0.1, -0.05) is 0 Å². The molecule has 1 aliphatic carbocycles. The topological polar surface area (TPSA) is 79.9 Å². The van der Waals surface area contributed by atoms with Crippen molar-refractivity contribution in [3.05, 3.63) is 0 Å². The molecule has 138 valence electrons. The summed E-state index contributed by atoms with van der Waals surface area (Å²) in [5.74, 6) is 0. The smallest absolute Gasteiger partial charge is 0.410 e. The number of carbonyl (C=O) groups excluding carboxylic acids is 2. The molecule has 0 spiro atoms. The van der Waals surface area contributed by atoms with Crippen molar-refractivity contribution in [2.75, 3.05) is 13.1 Å². The van der Waals surface area contributed by atoms with Crippen LogP contribution in [0.3, 0.4) is 0 Å². The van der Waals surface area contributed by atoms with Crippen LogP contribution in [0.5, 0.6) is 0 Å². The number of nitrogens with zero attached hydrogens (tertiary/aromatic N) is 1. The number of nitrogens with one attached hydrogen (secondary N) is 2. The highest BCUT2D eigenvalue weighted by molar-refractivity contribution is 5.69. The Bertz CT molecular complexity index is 481. The number of hydrogen-bond acceptors (Lipinski definition) is 5. The second kappa shape index (κ2) is 6.78. The molecule has 2 rings (SSSR count). The summed E-state index contributed by atoms with van der Waals surface area (Å²) in [7, 11) is 0. The van der Waals surface area contributed by atoms with E-state index in [0.29, 0.717) is 13.1 Å². The average Bonchev–Trinajstić information content (AvgIpc) is 2.90. The van der Waals surface area contributed by atoms with Gasteiger partial charge in [-0.15, -0.1) is 0 Å². The van der Waals surface area contributed by atoms with Gasteiger partial charge in [-0.3, -0.25) is 0 Å². The van der Waals surface area contributed by atoms with E-state index in [1.807, 2.05) is 41.5 Å². The van der Waals surface area contributed by atoms with Gasteiger partial charge in [0.15, 0.2) is 0 Å². The Kier molecular flexibility index (Phi) is 5.32. The van der Waals surface area contributed by atoms with Gasteiger partial charge in [0.2, 0.25) is 0 Å². The Morgan fingerprint density at radius 3 is 2.21 bits per heavy atom. The lowest BCUT2D eigenvalue weighted by Gasteiger charge is -2.24. The fourth-order valence-corrected chi connectivity index (χ4v) is 2.69. The molecular weight excluding hydrogens is 310 g/mol. The van der Waals surface area contributed by atoms with Crippen LogP contribution in [0.15, 0.2) is 0 Å². The molecule has 1 saturated heterocycles. The van der Waals surface area contributed by atoms with Crippen LogP contribution in [0.1, 0.15) is 54.4 Å². The van der Waals surface area contributed by atoms with Gasteiger partial charge < -0.3 is 25.0 Å². The molecule has 2 amide bonds. The molecular formula is C17H31N3O4. The van der Waals surface area contributed by atoms with E-state index in [2.05, 4.69) is 10.6 Å². The molecule has 0 aromatic heterocycles. The van der Waals surface area contributed by atoms with E-state index in [9.17, 15) is 9.59 Å². The van der Waals surface area contributed by atoms with E-state index < -0.39 is 11.2 Å². The van der Waals surface area contributed by atoms with Crippen molar-refractivity contribution >= 4 is 12.2 Å². The molecule has 1 aliphatic heterocycles. The number of hydrogen-bond donors (Lipinski definition) is 2. The highest BCUT2D eigenvalue weighted by Crippen LogP contribution is 2.25. The normalized spacial score (nSPS) is 26.9. The summed E-state index contributed by atoms with van der Waals surface area (Å²) >= 11 is 0. The van der Waals surface area contributed by atoms with Gasteiger partial charge in [0.1, 0.15) is 11.2 Å². The molecule has 0 aromatic carbocycles. The van der Waals surface area contributed by atoms with Crippen LogP contribution < -0.4 is 10.6 Å². The summed E-state index contributed by atoms with van der Waals surface area (Å²) < 4.78 is 10.7. The highest BCUT2D eigenvalue weighted by Gasteiger charge is 2.42. The predicted octanol–water partition coefficient (Wildman–Crippen LogP) is 2.25. The zero-order valence-electron chi connectivity index (χ0n) is 15.6.